The second-order valence-corrected chi connectivity index (χ2v) is 7.30. The number of aromatic nitrogens is 4. The van der Waals surface area contributed by atoms with E-state index in [1.54, 1.807) is 18.5 Å². The molecule has 8 nitrogen and oxygen atoms in total. The molecule has 8 heteroatoms. The number of amides is 1. The Morgan fingerprint density at radius 3 is 2.86 bits per heavy atom. The van der Waals surface area contributed by atoms with Crippen LogP contribution in [-0.2, 0) is 0 Å². The van der Waals surface area contributed by atoms with E-state index in [-0.39, 0.29) is 11.9 Å². The quantitative estimate of drug-likeness (QED) is 0.750. The number of imidazole rings is 1. The maximum atomic E-state index is 12.8. The van der Waals surface area contributed by atoms with Crippen LogP contribution in [-0.4, -0.2) is 44.6 Å². The number of nitrogens with zero attached hydrogens (tertiary/aromatic N) is 6. The van der Waals surface area contributed by atoms with E-state index in [1.165, 1.54) is 5.56 Å². The van der Waals surface area contributed by atoms with E-state index in [9.17, 15) is 4.79 Å². The lowest BCUT2D eigenvalue weighted by Crippen LogP contribution is -2.37. The Balaban J connectivity index is 1.44. The van der Waals surface area contributed by atoms with Gasteiger partial charge >= 0.3 is 0 Å². The molecule has 142 valence electrons. The van der Waals surface area contributed by atoms with E-state index in [0.29, 0.717) is 29.7 Å². The molecular formula is C20H21N7O. The maximum absolute atomic E-state index is 12.8. The van der Waals surface area contributed by atoms with Crippen LogP contribution in [0, 0.1) is 11.3 Å². The normalized spacial score (nSPS) is 16.5. The number of fused-ring (bicyclic) bond motifs is 1. The summed E-state index contributed by atoms with van der Waals surface area (Å²) in [7, 11) is 0. The lowest BCUT2D eigenvalue weighted by atomic mass is 10.1. The van der Waals surface area contributed by atoms with Crippen molar-refractivity contribution in [3.8, 4) is 6.07 Å². The first-order valence-corrected chi connectivity index (χ1v) is 9.31. The molecule has 1 fully saturated rings. The summed E-state index contributed by atoms with van der Waals surface area (Å²) in [4.78, 5) is 19.1. The van der Waals surface area contributed by atoms with E-state index in [4.69, 9.17) is 5.26 Å². The van der Waals surface area contributed by atoms with Crippen LogP contribution in [0.4, 0.5) is 5.82 Å². The third-order valence-corrected chi connectivity index (χ3v) is 5.05. The molecule has 1 saturated heterocycles. The van der Waals surface area contributed by atoms with E-state index < -0.39 is 0 Å². The summed E-state index contributed by atoms with van der Waals surface area (Å²) in [5.74, 6) is 0.959. The fourth-order valence-corrected chi connectivity index (χ4v) is 3.43. The predicted octanol–water partition coefficient (Wildman–Crippen LogP) is 2.13. The highest BCUT2D eigenvalue weighted by Crippen LogP contribution is 2.20. The Hall–Kier alpha value is -3.47. The Morgan fingerprint density at radius 2 is 2.14 bits per heavy atom. The molecule has 0 spiro atoms. The third-order valence-electron chi connectivity index (χ3n) is 5.05. The van der Waals surface area contributed by atoms with Crippen molar-refractivity contribution in [1.29, 1.82) is 5.26 Å². The summed E-state index contributed by atoms with van der Waals surface area (Å²) in [6.07, 6.45) is 4.52. The van der Waals surface area contributed by atoms with Crippen LogP contribution < -0.4 is 10.2 Å². The molecule has 1 atom stereocenters. The van der Waals surface area contributed by atoms with E-state index in [0.717, 1.165) is 18.5 Å². The van der Waals surface area contributed by atoms with Crippen LogP contribution >= 0.6 is 0 Å². The molecule has 4 rings (SSSR count). The lowest BCUT2D eigenvalue weighted by molar-refractivity contribution is 0.0937. The van der Waals surface area contributed by atoms with Gasteiger partial charge in [-0.25, -0.2) is 4.98 Å². The molecule has 3 aromatic heterocycles. The predicted molar refractivity (Wildman–Crippen MR) is 104 cm³/mol. The minimum absolute atomic E-state index is 0.0108. The van der Waals surface area contributed by atoms with Crippen molar-refractivity contribution >= 4 is 17.2 Å². The Morgan fingerprint density at radius 1 is 1.29 bits per heavy atom. The summed E-state index contributed by atoms with van der Waals surface area (Å²) < 4.78 is 1.90. The number of nitrogens with one attached hydrogen (secondary N) is 1. The van der Waals surface area contributed by atoms with Crippen LogP contribution in [0.1, 0.15) is 47.9 Å². The highest BCUT2D eigenvalue weighted by molar-refractivity contribution is 5.99. The Kier molecular flexibility index (Phi) is 4.65. The molecule has 1 aliphatic heterocycles. The highest BCUT2D eigenvalue weighted by atomic mass is 16.2. The van der Waals surface area contributed by atoms with Gasteiger partial charge in [-0.2, -0.15) is 5.26 Å². The van der Waals surface area contributed by atoms with Gasteiger partial charge in [0.1, 0.15) is 12.4 Å². The fourth-order valence-electron chi connectivity index (χ4n) is 3.43. The van der Waals surface area contributed by atoms with Crippen LogP contribution in [0.25, 0.3) is 5.52 Å². The van der Waals surface area contributed by atoms with Gasteiger partial charge in [0.05, 0.1) is 5.52 Å². The van der Waals surface area contributed by atoms with Crippen molar-refractivity contribution in [1.82, 2.24) is 24.9 Å². The van der Waals surface area contributed by atoms with Gasteiger partial charge in [-0.05, 0) is 36.1 Å². The fraction of sp³-hybridized carbons (Fsp3) is 0.350. The average molecular weight is 375 g/mol. The Bertz CT molecular complexity index is 1050. The van der Waals surface area contributed by atoms with Crippen molar-refractivity contribution in [2.75, 3.05) is 18.0 Å². The molecule has 0 aromatic carbocycles. The highest BCUT2D eigenvalue weighted by Gasteiger charge is 2.26. The van der Waals surface area contributed by atoms with Gasteiger partial charge in [0.15, 0.2) is 17.2 Å². The number of rotatable bonds is 4. The molecule has 28 heavy (non-hydrogen) atoms. The first-order valence-electron chi connectivity index (χ1n) is 9.31. The molecule has 3 aromatic rings. The largest absolute Gasteiger partial charge is 0.353 e. The van der Waals surface area contributed by atoms with Crippen molar-refractivity contribution < 1.29 is 4.79 Å². The third kappa shape index (κ3) is 3.39. The van der Waals surface area contributed by atoms with Crippen LogP contribution in [0.3, 0.4) is 0 Å². The van der Waals surface area contributed by atoms with Crippen molar-refractivity contribution in [3.63, 3.8) is 0 Å². The summed E-state index contributed by atoms with van der Waals surface area (Å²) in [6.45, 7) is 5.69. The summed E-state index contributed by atoms with van der Waals surface area (Å²) in [6, 6.07) is 9.39. The lowest BCUT2D eigenvalue weighted by Gasteiger charge is -2.17. The zero-order chi connectivity index (χ0) is 19.7. The monoisotopic (exact) mass is 375 g/mol. The average Bonchev–Trinajstić information content (AvgIpc) is 3.34. The molecule has 1 N–H and O–H groups in total. The first-order chi connectivity index (χ1) is 13.5. The van der Waals surface area contributed by atoms with Crippen molar-refractivity contribution in [2.24, 2.45) is 0 Å². The number of hydrogen-bond acceptors (Lipinski definition) is 6. The second kappa shape index (κ2) is 7.27. The zero-order valence-corrected chi connectivity index (χ0v) is 15.8. The van der Waals surface area contributed by atoms with Gasteiger partial charge in [0.2, 0.25) is 0 Å². The number of pyridine rings is 1. The van der Waals surface area contributed by atoms with Gasteiger partial charge < -0.3 is 14.6 Å². The van der Waals surface area contributed by atoms with Crippen LogP contribution in [0.15, 0.2) is 36.8 Å². The van der Waals surface area contributed by atoms with Gasteiger partial charge in [0, 0.05) is 25.3 Å². The molecule has 1 amide bonds. The van der Waals surface area contributed by atoms with Crippen LogP contribution in [0.5, 0.6) is 0 Å². The standard InChI is InChI=1S/C20H21N7O/c1-13(2)14-3-5-17-19(22-12-27(17)10-14)20(28)23-16-7-8-26(11-16)18-6-4-15(9-21)24-25-18/h3-6,10,12-13,16H,7-8,11H2,1-2H3,(H,23,28)/t16-/m1/s1. The number of carbonyl (C=O) groups excluding carboxylic acids is 1. The summed E-state index contributed by atoms with van der Waals surface area (Å²) in [5, 5.41) is 19.9. The van der Waals surface area contributed by atoms with E-state index in [2.05, 4.69) is 39.2 Å². The van der Waals surface area contributed by atoms with Gasteiger partial charge in [0.25, 0.3) is 5.91 Å². The van der Waals surface area contributed by atoms with Gasteiger partial charge in [-0.1, -0.05) is 19.9 Å². The van der Waals surface area contributed by atoms with Crippen molar-refractivity contribution in [3.05, 3.63) is 53.7 Å². The molecular weight excluding hydrogens is 354 g/mol. The topological polar surface area (TPSA) is 99.2 Å². The molecule has 4 heterocycles. The zero-order valence-electron chi connectivity index (χ0n) is 15.8. The smallest absolute Gasteiger partial charge is 0.272 e. The second-order valence-electron chi connectivity index (χ2n) is 7.30. The van der Waals surface area contributed by atoms with Gasteiger partial charge in [-0.3, -0.25) is 4.79 Å². The number of anilines is 1. The SMILES string of the molecule is CC(C)c1ccc2c(C(=O)N[C@@H]3CCN(c4ccc(C#N)nn4)C3)ncn2c1. The van der Waals surface area contributed by atoms with E-state index in [1.807, 2.05) is 28.8 Å². The maximum Gasteiger partial charge on any atom is 0.272 e. The van der Waals surface area contributed by atoms with E-state index >= 15 is 0 Å². The molecule has 0 unspecified atom stereocenters. The molecule has 0 saturated carbocycles. The minimum atomic E-state index is -0.169. The van der Waals surface area contributed by atoms with Crippen LogP contribution in [0.2, 0.25) is 0 Å². The molecule has 0 radical (unpaired) electrons. The van der Waals surface area contributed by atoms with Crippen molar-refractivity contribution in [2.45, 2.75) is 32.2 Å². The first kappa shape index (κ1) is 17.9. The minimum Gasteiger partial charge on any atom is -0.353 e. The molecule has 1 aliphatic rings. The Labute approximate surface area is 162 Å². The summed E-state index contributed by atoms with van der Waals surface area (Å²) >= 11 is 0. The number of hydrogen-bond donors (Lipinski definition) is 1. The number of carbonyl (C=O) groups is 1. The molecule has 0 aliphatic carbocycles. The molecule has 0 bridgehead atoms. The summed E-state index contributed by atoms with van der Waals surface area (Å²) in [5.41, 5.74) is 2.73. The van der Waals surface area contributed by atoms with Gasteiger partial charge in [-0.15, -0.1) is 10.2 Å². The number of nitriles is 1.